The van der Waals surface area contributed by atoms with Crippen molar-refractivity contribution in [2.45, 2.75) is 19.9 Å². The van der Waals surface area contributed by atoms with Gasteiger partial charge in [-0.2, -0.15) is 0 Å². The molecule has 2 rings (SSSR count). The van der Waals surface area contributed by atoms with Gasteiger partial charge in [0.25, 0.3) is 0 Å². The van der Waals surface area contributed by atoms with Crippen molar-refractivity contribution in [2.24, 2.45) is 5.92 Å². The van der Waals surface area contributed by atoms with E-state index in [-0.39, 0.29) is 12.6 Å². The Morgan fingerprint density at radius 1 is 1.44 bits per heavy atom. The van der Waals surface area contributed by atoms with Crippen molar-refractivity contribution >= 4 is 17.3 Å². The minimum atomic E-state index is -0.0369. The molecule has 0 radical (unpaired) electrons. The second-order valence-corrected chi connectivity index (χ2v) is 4.56. The highest BCUT2D eigenvalue weighted by Crippen LogP contribution is 2.18. The fourth-order valence-electron chi connectivity index (χ4n) is 1.75. The van der Waals surface area contributed by atoms with Crippen LogP contribution in [0.5, 0.6) is 0 Å². The Kier molecular flexibility index (Phi) is 3.66. The van der Waals surface area contributed by atoms with E-state index < -0.39 is 0 Å². The number of anilines is 2. The van der Waals surface area contributed by atoms with Crippen LogP contribution in [0.15, 0.2) is 18.6 Å². The van der Waals surface area contributed by atoms with E-state index in [4.69, 9.17) is 0 Å². The minimum Gasteiger partial charge on any atom is -0.394 e. The number of nitrogens with one attached hydrogen (secondary N) is 2. The van der Waals surface area contributed by atoms with Gasteiger partial charge in [0.15, 0.2) is 11.5 Å². The molecule has 0 spiro atoms. The third-order valence-corrected chi connectivity index (χ3v) is 2.95. The van der Waals surface area contributed by atoms with Gasteiger partial charge in [-0.05, 0) is 5.92 Å². The van der Waals surface area contributed by atoms with Gasteiger partial charge in [-0.15, -0.1) is 0 Å². The van der Waals surface area contributed by atoms with Gasteiger partial charge in [-0.1, -0.05) is 13.8 Å². The van der Waals surface area contributed by atoms with Gasteiger partial charge in [0, 0.05) is 19.4 Å². The summed E-state index contributed by atoms with van der Waals surface area (Å²) in [5, 5.41) is 15.6. The normalized spacial score (nSPS) is 12.9. The summed E-state index contributed by atoms with van der Waals surface area (Å²) < 4.78 is 1.90. The molecule has 0 aliphatic carbocycles. The highest BCUT2D eigenvalue weighted by molar-refractivity contribution is 5.65. The first-order valence-corrected chi connectivity index (χ1v) is 6.04. The van der Waals surface area contributed by atoms with Crippen LogP contribution in [0.1, 0.15) is 13.8 Å². The van der Waals surface area contributed by atoms with Crippen LogP contribution in [-0.2, 0) is 0 Å². The zero-order valence-electron chi connectivity index (χ0n) is 10.9. The molecule has 2 aromatic heterocycles. The van der Waals surface area contributed by atoms with E-state index in [0.29, 0.717) is 11.7 Å². The summed E-state index contributed by atoms with van der Waals surface area (Å²) in [4.78, 5) is 8.71. The molecule has 0 saturated heterocycles. The van der Waals surface area contributed by atoms with Crippen LogP contribution >= 0.6 is 0 Å². The molecule has 2 aromatic rings. The first-order chi connectivity index (χ1) is 8.65. The van der Waals surface area contributed by atoms with Gasteiger partial charge < -0.3 is 20.1 Å². The van der Waals surface area contributed by atoms with E-state index in [1.54, 1.807) is 6.20 Å². The number of fused-ring (bicyclic) bond motifs is 1. The number of imidazole rings is 1. The molecule has 2 heterocycles. The Morgan fingerprint density at radius 3 is 2.83 bits per heavy atom. The number of rotatable bonds is 5. The molecule has 0 bridgehead atoms. The Bertz CT molecular complexity index is 522. The molecule has 1 unspecified atom stereocenters. The molecule has 0 aliphatic rings. The summed E-state index contributed by atoms with van der Waals surface area (Å²) in [6, 6.07) is -0.0369. The predicted octanol–water partition coefficient (Wildman–Crippen LogP) is 1.20. The number of hydrogen-bond donors (Lipinski definition) is 3. The second kappa shape index (κ2) is 5.22. The lowest BCUT2D eigenvalue weighted by atomic mass is 10.1. The zero-order valence-corrected chi connectivity index (χ0v) is 10.9. The van der Waals surface area contributed by atoms with Crippen molar-refractivity contribution < 1.29 is 5.11 Å². The van der Waals surface area contributed by atoms with Crippen LogP contribution in [0.25, 0.3) is 5.65 Å². The molecular weight excluding hydrogens is 230 g/mol. The van der Waals surface area contributed by atoms with Gasteiger partial charge in [0.05, 0.1) is 18.8 Å². The maximum atomic E-state index is 9.37. The molecule has 0 fully saturated rings. The fraction of sp³-hybridized carbons (Fsp3) is 0.500. The first kappa shape index (κ1) is 12.6. The van der Waals surface area contributed by atoms with Crippen molar-refractivity contribution in [3.63, 3.8) is 0 Å². The summed E-state index contributed by atoms with van der Waals surface area (Å²) in [6.45, 7) is 4.17. The molecule has 18 heavy (non-hydrogen) atoms. The van der Waals surface area contributed by atoms with Gasteiger partial charge in [0.2, 0.25) is 0 Å². The summed E-state index contributed by atoms with van der Waals surface area (Å²) in [7, 11) is 1.82. The van der Waals surface area contributed by atoms with Crippen LogP contribution in [-0.4, -0.2) is 39.2 Å². The van der Waals surface area contributed by atoms with Crippen molar-refractivity contribution in [3.05, 3.63) is 18.6 Å². The molecule has 0 saturated carbocycles. The lowest BCUT2D eigenvalue weighted by Crippen LogP contribution is -2.30. The summed E-state index contributed by atoms with van der Waals surface area (Å²) in [5.41, 5.74) is 0.758. The summed E-state index contributed by atoms with van der Waals surface area (Å²) in [6.07, 6.45) is 5.47. The lowest BCUT2D eigenvalue weighted by molar-refractivity contribution is 0.249. The van der Waals surface area contributed by atoms with Crippen molar-refractivity contribution in [1.82, 2.24) is 14.4 Å². The molecule has 1 atom stereocenters. The number of hydrogen-bond acceptors (Lipinski definition) is 5. The maximum absolute atomic E-state index is 9.37. The Hall–Kier alpha value is -1.82. The molecule has 0 amide bonds. The van der Waals surface area contributed by atoms with Crippen molar-refractivity contribution in [2.75, 3.05) is 24.3 Å². The zero-order chi connectivity index (χ0) is 13.1. The van der Waals surface area contributed by atoms with Gasteiger partial charge in [-0.3, -0.25) is 0 Å². The molecule has 3 N–H and O–H groups in total. The quantitative estimate of drug-likeness (QED) is 0.742. The highest BCUT2D eigenvalue weighted by Gasteiger charge is 2.15. The van der Waals surface area contributed by atoms with Crippen molar-refractivity contribution in [3.8, 4) is 0 Å². The number of nitrogens with zero attached hydrogens (tertiary/aromatic N) is 3. The van der Waals surface area contributed by atoms with Crippen LogP contribution < -0.4 is 10.6 Å². The Labute approximate surface area is 106 Å². The summed E-state index contributed by atoms with van der Waals surface area (Å²) >= 11 is 0. The Balaban J connectivity index is 2.39. The Morgan fingerprint density at radius 2 is 2.22 bits per heavy atom. The van der Waals surface area contributed by atoms with E-state index in [9.17, 15) is 5.11 Å². The highest BCUT2D eigenvalue weighted by atomic mass is 16.3. The number of aliphatic hydroxyl groups excluding tert-OH is 1. The van der Waals surface area contributed by atoms with Crippen LogP contribution in [0.4, 0.5) is 11.6 Å². The molecule has 0 aromatic carbocycles. The number of aliphatic hydroxyl groups is 1. The number of aromatic nitrogens is 3. The largest absolute Gasteiger partial charge is 0.394 e. The van der Waals surface area contributed by atoms with Gasteiger partial charge >= 0.3 is 0 Å². The van der Waals surface area contributed by atoms with Crippen LogP contribution in [0, 0.1) is 5.92 Å². The smallest absolute Gasteiger partial charge is 0.180 e. The standard InChI is InChI=1S/C12H19N5O/c1-8(2)9(7-18)15-11-12-14-4-5-17(12)6-10(13-3)16-11/h4-6,8-9,13,18H,7H2,1-3H3,(H,15,16). The summed E-state index contributed by atoms with van der Waals surface area (Å²) in [5.74, 6) is 1.74. The average molecular weight is 249 g/mol. The molecule has 98 valence electrons. The van der Waals surface area contributed by atoms with E-state index in [1.807, 2.05) is 23.8 Å². The molecule has 0 aliphatic heterocycles. The third-order valence-electron chi connectivity index (χ3n) is 2.95. The topological polar surface area (TPSA) is 74.5 Å². The van der Waals surface area contributed by atoms with Gasteiger partial charge in [-0.25, -0.2) is 9.97 Å². The first-order valence-electron chi connectivity index (χ1n) is 6.04. The maximum Gasteiger partial charge on any atom is 0.180 e. The van der Waals surface area contributed by atoms with E-state index in [1.165, 1.54) is 0 Å². The lowest BCUT2D eigenvalue weighted by Gasteiger charge is -2.21. The van der Waals surface area contributed by atoms with Gasteiger partial charge in [0.1, 0.15) is 5.82 Å². The third kappa shape index (κ3) is 2.38. The molecular formula is C12H19N5O. The predicted molar refractivity (Wildman–Crippen MR) is 71.9 cm³/mol. The van der Waals surface area contributed by atoms with Crippen molar-refractivity contribution in [1.29, 1.82) is 0 Å². The van der Waals surface area contributed by atoms with E-state index in [0.717, 1.165) is 11.5 Å². The van der Waals surface area contributed by atoms with Crippen LogP contribution in [0.3, 0.4) is 0 Å². The molecule has 6 heteroatoms. The SMILES string of the molecule is CNc1cn2ccnc2c(NC(CO)C(C)C)n1. The second-order valence-electron chi connectivity index (χ2n) is 4.56. The average Bonchev–Trinajstić information content (AvgIpc) is 2.83. The van der Waals surface area contributed by atoms with E-state index in [2.05, 4.69) is 34.4 Å². The monoisotopic (exact) mass is 249 g/mol. The fourth-order valence-corrected chi connectivity index (χ4v) is 1.75. The van der Waals surface area contributed by atoms with Crippen LogP contribution in [0.2, 0.25) is 0 Å². The minimum absolute atomic E-state index is 0.0369. The molecule has 6 nitrogen and oxygen atoms in total. The van der Waals surface area contributed by atoms with E-state index >= 15 is 0 Å².